The minimum absolute atomic E-state index is 0.0920. The van der Waals surface area contributed by atoms with Crippen LogP contribution in [-0.4, -0.2) is 30.0 Å². The first kappa shape index (κ1) is 19.8. The number of aromatic nitrogens is 1. The van der Waals surface area contributed by atoms with Gasteiger partial charge in [0.2, 0.25) is 5.91 Å². The molecule has 6 nitrogen and oxygen atoms in total. The number of carbonyl (C=O) groups excluding carboxylic acids is 2. The minimum Gasteiger partial charge on any atom is -0.497 e. The zero-order chi connectivity index (χ0) is 21.3. The first-order valence-corrected chi connectivity index (χ1v) is 10.0. The molecule has 2 aromatic carbocycles. The van der Waals surface area contributed by atoms with E-state index in [1.54, 1.807) is 12.0 Å². The summed E-state index contributed by atoms with van der Waals surface area (Å²) in [5, 5.41) is 3.01. The van der Waals surface area contributed by atoms with Gasteiger partial charge >= 0.3 is 0 Å². The summed E-state index contributed by atoms with van der Waals surface area (Å²) in [6.45, 7) is 4.59. The number of nitrogens with one attached hydrogen (secondary N) is 1. The van der Waals surface area contributed by atoms with Gasteiger partial charge in [0, 0.05) is 30.0 Å². The van der Waals surface area contributed by atoms with Gasteiger partial charge in [-0.15, -0.1) is 0 Å². The van der Waals surface area contributed by atoms with Crippen molar-refractivity contribution in [2.24, 2.45) is 0 Å². The highest BCUT2D eigenvalue weighted by atomic mass is 16.5. The van der Waals surface area contributed by atoms with E-state index in [9.17, 15) is 9.59 Å². The molecule has 154 valence electrons. The smallest absolute Gasteiger partial charge is 0.257 e. The van der Waals surface area contributed by atoms with Crippen molar-refractivity contribution in [2.45, 2.75) is 26.7 Å². The molecule has 2 amide bonds. The quantitative estimate of drug-likeness (QED) is 0.683. The highest BCUT2D eigenvalue weighted by molar-refractivity contribution is 6.08. The molecule has 3 aromatic rings. The number of hydrogen-bond donors (Lipinski definition) is 1. The van der Waals surface area contributed by atoms with Gasteiger partial charge in [0.15, 0.2) is 0 Å². The van der Waals surface area contributed by atoms with Gasteiger partial charge in [-0.3, -0.25) is 9.59 Å². The molecule has 2 heterocycles. The third-order valence-corrected chi connectivity index (χ3v) is 5.52. The van der Waals surface area contributed by atoms with Crippen LogP contribution in [0.15, 0.2) is 54.6 Å². The monoisotopic (exact) mass is 403 g/mol. The van der Waals surface area contributed by atoms with Crippen molar-refractivity contribution in [1.29, 1.82) is 0 Å². The van der Waals surface area contributed by atoms with Crippen LogP contribution in [0.25, 0.3) is 5.69 Å². The molecular weight excluding hydrogens is 378 g/mol. The Morgan fingerprint density at radius 2 is 1.80 bits per heavy atom. The van der Waals surface area contributed by atoms with Crippen molar-refractivity contribution in [3.05, 3.63) is 71.5 Å². The molecule has 0 saturated carbocycles. The number of aryl methyl sites for hydroxylation is 1. The lowest BCUT2D eigenvalue weighted by atomic mass is 10.2. The van der Waals surface area contributed by atoms with E-state index < -0.39 is 0 Å². The predicted molar refractivity (Wildman–Crippen MR) is 118 cm³/mol. The van der Waals surface area contributed by atoms with E-state index in [4.69, 9.17) is 4.74 Å². The Hall–Kier alpha value is -3.54. The molecule has 1 aliphatic heterocycles. The van der Waals surface area contributed by atoms with Crippen molar-refractivity contribution in [3.8, 4) is 11.4 Å². The first-order chi connectivity index (χ1) is 14.5. The molecule has 1 aliphatic rings. The lowest BCUT2D eigenvalue weighted by Gasteiger charge is -2.20. The lowest BCUT2D eigenvalue weighted by molar-refractivity contribution is -0.117. The number of para-hydroxylation sites is 2. The van der Waals surface area contributed by atoms with Crippen LogP contribution in [-0.2, 0) is 4.79 Å². The molecule has 4 rings (SSSR count). The van der Waals surface area contributed by atoms with E-state index in [-0.39, 0.29) is 11.8 Å². The fourth-order valence-electron chi connectivity index (χ4n) is 4.03. The molecule has 0 bridgehead atoms. The van der Waals surface area contributed by atoms with E-state index in [0.717, 1.165) is 34.9 Å². The summed E-state index contributed by atoms with van der Waals surface area (Å²) in [5.74, 6) is 0.684. The largest absolute Gasteiger partial charge is 0.497 e. The zero-order valence-corrected chi connectivity index (χ0v) is 17.4. The van der Waals surface area contributed by atoms with Gasteiger partial charge in [0.1, 0.15) is 5.75 Å². The Labute approximate surface area is 176 Å². The molecule has 30 heavy (non-hydrogen) atoms. The number of rotatable bonds is 5. The van der Waals surface area contributed by atoms with Gasteiger partial charge in [0.25, 0.3) is 5.91 Å². The highest BCUT2D eigenvalue weighted by Crippen LogP contribution is 2.30. The summed E-state index contributed by atoms with van der Waals surface area (Å²) in [4.78, 5) is 27.1. The van der Waals surface area contributed by atoms with Crippen molar-refractivity contribution in [1.82, 2.24) is 4.57 Å². The number of anilines is 2. The summed E-state index contributed by atoms with van der Waals surface area (Å²) >= 11 is 0. The van der Waals surface area contributed by atoms with Crippen molar-refractivity contribution in [3.63, 3.8) is 0 Å². The second kappa shape index (κ2) is 8.06. The van der Waals surface area contributed by atoms with Crippen LogP contribution in [0, 0.1) is 13.8 Å². The van der Waals surface area contributed by atoms with E-state index in [2.05, 4.69) is 5.32 Å². The van der Waals surface area contributed by atoms with Crippen LogP contribution in [0.3, 0.4) is 0 Å². The first-order valence-electron chi connectivity index (χ1n) is 10.0. The molecule has 0 spiro atoms. The maximum atomic E-state index is 13.1. The third-order valence-electron chi connectivity index (χ3n) is 5.52. The fraction of sp³-hybridized carbons (Fsp3) is 0.250. The third kappa shape index (κ3) is 3.56. The second-order valence-electron chi connectivity index (χ2n) is 7.44. The number of nitrogens with zero attached hydrogens (tertiary/aromatic N) is 2. The number of amides is 2. The van der Waals surface area contributed by atoms with E-state index in [0.29, 0.717) is 24.2 Å². The lowest BCUT2D eigenvalue weighted by Crippen LogP contribution is -2.25. The minimum atomic E-state index is -0.193. The Kier molecular flexibility index (Phi) is 5.31. The summed E-state index contributed by atoms with van der Waals surface area (Å²) in [6.07, 6.45) is 1.38. The van der Waals surface area contributed by atoms with Crippen LogP contribution in [0.1, 0.15) is 34.6 Å². The second-order valence-corrected chi connectivity index (χ2v) is 7.44. The summed E-state index contributed by atoms with van der Waals surface area (Å²) in [5.41, 5.74) is 4.78. The molecule has 1 fully saturated rings. The Bertz CT molecular complexity index is 1100. The molecule has 0 unspecified atom stereocenters. The van der Waals surface area contributed by atoms with E-state index in [1.807, 2.05) is 73.0 Å². The number of benzene rings is 2. The zero-order valence-electron chi connectivity index (χ0n) is 17.4. The molecule has 0 aliphatic carbocycles. The van der Waals surface area contributed by atoms with E-state index >= 15 is 0 Å². The van der Waals surface area contributed by atoms with Crippen LogP contribution < -0.4 is 15.0 Å². The fourth-order valence-corrected chi connectivity index (χ4v) is 4.03. The molecule has 0 radical (unpaired) electrons. The SMILES string of the molecule is COc1ccc(-n2c(C)cc(C(=O)Nc3ccccc3N3CCCC3=O)c2C)cc1. The van der Waals surface area contributed by atoms with Crippen LogP contribution >= 0.6 is 0 Å². The van der Waals surface area contributed by atoms with Gasteiger partial charge in [-0.1, -0.05) is 12.1 Å². The average Bonchev–Trinajstić information content (AvgIpc) is 3.31. The summed E-state index contributed by atoms with van der Waals surface area (Å²) < 4.78 is 7.28. The molecule has 1 aromatic heterocycles. The van der Waals surface area contributed by atoms with Crippen molar-refractivity contribution >= 4 is 23.2 Å². The Morgan fingerprint density at radius 3 is 2.47 bits per heavy atom. The maximum Gasteiger partial charge on any atom is 0.257 e. The van der Waals surface area contributed by atoms with Gasteiger partial charge in [-0.05, 0) is 62.7 Å². The van der Waals surface area contributed by atoms with E-state index in [1.165, 1.54) is 0 Å². The molecule has 1 N–H and O–H groups in total. The molecule has 0 atom stereocenters. The highest BCUT2D eigenvalue weighted by Gasteiger charge is 2.25. The maximum absolute atomic E-state index is 13.1. The number of methoxy groups -OCH3 is 1. The van der Waals surface area contributed by atoms with Crippen LogP contribution in [0.4, 0.5) is 11.4 Å². The topological polar surface area (TPSA) is 63.6 Å². The molecule has 1 saturated heterocycles. The van der Waals surface area contributed by atoms with Crippen molar-refractivity contribution < 1.29 is 14.3 Å². The molecular formula is C24H25N3O3. The average molecular weight is 403 g/mol. The van der Waals surface area contributed by atoms with Gasteiger partial charge in [-0.2, -0.15) is 0 Å². The van der Waals surface area contributed by atoms with Gasteiger partial charge < -0.3 is 19.5 Å². The Morgan fingerprint density at radius 1 is 1.07 bits per heavy atom. The summed E-state index contributed by atoms with van der Waals surface area (Å²) in [6, 6.07) is 17.1. The summed E-state index contributed by atoms with van der Waals surface area (Å²) in [7, 11) is 1.64. The Balaban J connectivity index is 1.63. The normalized spacial score (nSPS) is 13.6. The van der Waals surface area contributed by atoms with Crippen LogP contribution in [0.5, 0.6) is 5.75 Å². The number of carbonyl (C=O) groups is 2. The number of ether oxygens (including phenoxy) is 1. The van der Waals surface area contributed by atoms with Crippen molar-refractivity contribution in [2.75, 3.05) is 23.9 Å². The standard InChI is InChI=1S/C24H25N3O3/c1-16-15-20(17(2)27(16)18-10-12-19(30-3)13-11-18)24(29)25-21-7-4-5-8-22(21)26-14-6-9-23(26)28/h4-5,7-8,10-13,15H,6,9,14H2,1-3H3,(H,25,29). The number of hydrogen-bond acceptors (Lipinski definition) is 3. The van der Waals surface area contributed by atoms with Crippen LogP contribution in [0.2, 0.25) is 0 Å². The van der Waals surface area contributed by atoms with Gasteiger partial charge in [-0.25, -0.2) is 0 Å². The molecule has 6 heteroatoms. The predicted octanol–water partition coefficient (Wildman–Crippen LogP) is 4.48. The van der Waals surface area contributed by atoms with Gasteiger partial charge in [0.05, 0.1) is 24.0 Å².